The highest BCUT2D eigenvalue weighted by Crippen LogP contribution is 2.52. The number of nitrogens with one attached hydrogen (secondary N) is 1. The number of allylic oxidation sites excluding steroid dienone is 2. The van der Waals surface area contributed by atoms with Gasteiger partial charge < -0.3 is 5.32 Å². The molecule has 1 heterocycles. The van der Waals surface area contributed by atoms with E-state index in [1.54, 1.807) is 0 Å². The van der Waals surface area contributed by atoms with Gasteiger partial charge >= 0.3 is 0 Å². The molecule has 0 radical (unpaired) electrons. The molecule has 2 fully saturated rings. The second-order valence-electron chi connectivity index (χ2n) is 6.31. The summed E-state index contributed by atoms with van der Waals surface area (Å²) in [6, 6.07) is 7.95. The summed E-state index contributed by atoms with van der Waals surface area (Å²) in [5, 5.41) is 3.18. The lowest BCUT2D eigenvalue weighted by atomic mass is 9.85. The van der Waals surface area contributed by atoms with E-state index in [-0.39, 0.29) is 42.2 Å². The minimum Gasteiger partial charge on any atom is -0.367 e. The molecule has 1 saturated carbocycles. The predicted molar refractivity (Wildman–Crippen MR) is 79.2 cm³/mol. The summed E-state index contributed by atoms with van der Waals surface area (Å²) >= 11 is 0. The smallest absolute Gasteiger partial charge is 0.235 e. The third-order valence-corrected chi connectivity index (χ3v) is 5.05. The van der Waals surface area contributed by atoms with Crippen LogP contribution in [0.25, 0.3) is 0 Å². The molecule has 2 amide bonds. The number of nitrogens with zero attached hydrogens (tertiary/aromatic N) is 1. The fourth-order valence-corrected chi connectivity index (χ4v) is 3.96. The van der Waals surface area contributed by atoms with Crippen LogP contribution in [0.4, 0.5) is 5.69 Å². The number of imide groups is 1. The Morgan fingerprint density at radius 1 is 1.05 bits per heavy atom. The quantitative estimate of drug-likeness (QED) is 0.683. The molecule has 4 nitrogen and oxygen atoms in total. The molecule has 2 bridgehead atoms. The fraction of sp³-hybridized carbons (Fsp3) is 0.412. The Balaban J connectivity index is 1.48. The summed E-state index contributed by atoms with van der Waals surface area (Å²) in [6.45, 7) is 2.30. The van der Waals surface area contributed by atoms with E-state index in [9.17, 15) is 9.59 Å². The van der Waals surface area contributed by atoms with Crippen LogP contribution in [0.1, 0.15) is 12.0 Å². The number of carbonyl (C=O) groups is 2. The highest BCUT2D eigenvalue weighted by Gasteiger charge is 2.59. The van der Waals surface area contributed by atoms with Crippen molar-refractivity contribution in [2.24, 2.45) is 23.7 Å². The van der Waals surface area contributed by atoms with E-state index in [0.29, 0.717) is 0 Å². The van der Waals surface area contributed by atoms with Gasteiger partial charge in [0.25, 0.3) is 0 Å². The predicted octanol–water partition coefficient (Wildman–Crippen LogP) is 2.17. The molecule has 21 heavy (non-hydrogen) atoms. The minimum atomic E-state index is -0.104. The molecule has 3 aliphatic rings. The topological polar surface area (TPSA) is 49.4 Å². The van der Waals surface area contributed by atoms with Crippen LogP contribution in [-0.2, 0) is 9.59 Å². The first kappa shape index (κ1) is 12.6. The highest BCUT2D eigenvalue weighted by molar-refractivity contribution is 6.06. The van der Waals surface area contributed by atoms with Crippen molar-refractivity contribution in [2.45, 2.75) is 13.3 Å². The summed E-state index contributed by atoms with van der Waals surface area (Å²) in [4.78, 5) is 26.4. The first-order valence-electron chi connectivity index (χ1n) is 7.49. The van der Waals surface area contributed by atoms with E-state index in [1.807, 2.05) is 31.2 Å². The molecule has 0 aromatic heterocycles. The molecular weight excluding hydrogens is 264 g/mol. The zero-order chi connectivity index (χ0) is 14.6. The third-order valence-electron chi connectivity index (χ3n) is 5.05. The molecular formula is C17H18N2O2. The standard InChI is InChI=1S/C17H18N2O2/c1-10-2-6-13(7-3-10)18-9-19-16(20)14-11-4-5-12(8-11)15(14)17(19)21/h2-7,11-12,14-15,18H,8-9H2,1H3/t11-,12+,14+,15-. The second kappa shape index (κ2) is 4.45. The van der Waals surface area contributed by atoms with Gasteiger partial charge in [-0.3, -0.25) is 14.5 Å². The van der Waals surface area contributed by atoms with Gasteiger partial charge in [0.2, 0.25) is 11.8 Å². The molecule has 1 N–H and O–H groups in total. The minimum absolute atomic E-state index is 0.00135. The largest absolute Gasteiger partial charge is 0.367 e. The van der Waals surface area contributed by atoms with E-state index in [1.165, 1.54) is 10.5 Å². The Labute approximate surface area is 123 Å². The van der Waals surface area contributed by atoms with Crippen LogP contribution in [0, 0.1) is 30.6 Å². The maximum absolute atomic E-state index is 12.5. The number of benzene rings is 1. The number of fused-ring (bicyclic) bond motifs is 5. The summed E-state index contributed by atoms with van der Waals surface area (Å²) in [5.41, 5.74) is 2.12. The number of aryl methyl sites for hydroxylation is 1. The number of amides is 2. The van der Waals surface area contributed by atoms with E-state index in [2.05, 4.69) is 17.5 Å². The number of anilines is 1. The zero-order valence-corrected chi connectivity index (χ0v) is 12.0. The van der Waals surface area contributed by atoms with Gasteiger partial charge in [-0.2, -0.15) is 0 Å². The Morgan fingerprint density at radius 3 is 2.19 bits per heavy atom. The Kier molecular flexibility index (Phi) is 2.67. The normalized spacial score (nSPS) is 32.9. The van der Waals surface area contributed by atoms with Gasteiger partial charge in [-0.05, 0) is 37.3 Å². The molecule has 108 valence electrons. The van der Waals surface area contributed by atoms with Gasteiger partial charge in [-0.1, -0.05) is 29.8 Å². The van der Waals surface area contributed by atoms with Crippen LogP contribution >= 0.6 is 0 Å². The lowest BCUT2D eigenvalue weighted by molar-refractivity contribution is -0.140. The van der Waals surface area contributed by atoms with Gasteiger partial charge in [0, 0.05) is 5.69 Å². The second-order valence-corrected chi connectivity index (χ2v) is 6.31. The molecule has 2 aliphatic carbocycles. The van der Waals surface area contributed by atoms with E-state index in [0.717, 1.165) is 12.1 Å². The van der Waals surface area contributed by atoms with Crippen LogP contribution in [-0.4, -0.2) is 23.4 Å². The van der Waals surface area contributed by atoms with Gasteiger partial charge in [0.05, 0.1) is 18.5 Å². The fourth-order valence-electron chi connectivity index (χ4n) is 3.96. The van der Waals surface area contributed by atoms with Crippen molar-refractivity contribution in [3.63, 3.8) is 0 Å². The summed E-state index contributed by atoms with van der Waals surface area (Å²) < 4.78 is 0. The maximum Gasteiger partial charge on any atom is 0.235 e. The van der Waals surface area contributed by atoms with Crippen molar-refractivity contribution < 1.29 is 9.59 Å². The molecule has 4 atom stereocenters. The molecule has 0 spiro atoms. The Bertz CT molecular complexity index is 605. The lowest BCUT2D eigenvalue weighted by Crippen LogP contribution is -2.37. The average molecular weight is 282 g/mol. The van der Waals surface area contributed by atoms with Crippen LogP contribution in [0.3, 0.4) is 0 Å². The van der Waals surface area contributed by atoms with Crippen LogP contribution in [0.15, 0.2) is 36.4 Å². The van der Waals surface area contributed by atoms with E-state index >= 15 is 0 Å². The Hall–Kier alpha value is -2.10. The van der Waals surface area contributed by atoms with Gasteiger partial charge in [0.15, 0.2) is 0 Å². The first-order valence-corrected chi connectivity index (χ1v) is 7.49. The van der Waals surface area contributed by atoms with Crippen LogP contribution in [0.5, 0.6) is 0 Å². The summed E-state index contributed by atoms with van der Waals surface area (Å²) in [6.07, 6.45) is 5.22. The monoisotopic (exact) mass is 282 g/mol. The van der Waals surface area contributed by atoms with Crippen molar-refractivity contribution in [1.29, 1.82) is 0 Å². The third kappa shape index (κ3) is 1.82. The van der Waals surface area contributed by atoms with Crippen molar-refractivity contribution in [3.05, 3.63) is 42.0 Å². The molecule has 0 unspecified atom stereocenters. The number of rotatable bonds is 3. The van der Waals surface area contributed by atoms with Gasteiger partial charge in [0.1, 0.15) is 0 Å². The first-order chi connectivity index (χ1) is 10.1. The van der Waals surface area contributed by atoms with Crippen molar-refractivity contribution >= 4 is 17.5 Å². The number of likely N-dealkylation sites (tertiary alicyclic amines) is 1. The van der Waals surface area contributed by atoms with Crippen LogP contribution < -0.4 is 5.32 Å². The number of carbonyl (C=O) groups excluding carboxylic acids is 2. The highest BCUT2D eigenvalue weighted by atomic mass is 16.2. The zero-order valence-electron chi connectivity index (χ0n) is 12.0. The number of hydrogen-bond donors (Lipinski definition) is 1. The molecule has 1 saturated heterocycles. The van der Waals surface area contributed by atoms with E-state index < -0.39 is 0 Å². The van der Waals surface area contributed by atoms with Gasteiger partial charge in [-0.15, -0.1) is 0 Å². The van der Waals surface area contributed by atoms with Crippen LogP contribution in [0.2, 0.25) is 0 Å². The summed E-state index contributed by atoms with van der Waals surface area (Å²) in [5.74, 6) is 0.351. The molecule has 4 rings (SSSR count). The van der Waals surface area contributed by atoms with E-state index in [4.69, 9.17) is 0 Å². The lowest BCUT2D eigenvalue weighted by Gasteiger charge is -2.18. The SMILES string of the molecule is Cc1ccc(NCN2C(=O)[C@@H]3[C@H](C2=O)[C@H]2C=C[C@@H]3C2)cc1. The molecule has 4 heteroatoms. The molecule has 1 aromatic rings. The Morgan fingerprint density at radius 2 is 1.62 bits per heavy atom. The molecule has 1 aromatic carbocycles. The molecule has 1 aliphatic heterocycles. The van der Waals surface area contributed by atoms with Crippen molar-refractivity contribution in [2.75, 3.05) is 12.0 Å². The van der Waals surface area contributed by atoms with Gasteiger partial charge in [-0.25, -0.2) is 0 Å². The summed E-state index contributed by atoms with van der Waals surface area (Å²) in [7, 11) is 0. The maximum atomic E-state index is 12.5. The van der Waals surface area contributed by atoms with Crippen molar-refractivity contribution in [1.82, 2.24) is 4.90 Å². The average Bonchev–Trinajstić information content (AvgIpc) is 3.14. The number of hydrogen-bond acceptors (Lipinski definition) is 3. The van der Waals surface area contributed by atoms with Crippen molar-refractivity contribution in [3.8, 4) is 0 Å².